The summed E-state index contributed by atoms with van der Waals surface area (Å²) in [6.07, 6.45) is 6.48. The molecule has 116 valence electrons. The summed E-state index contributed by atoms with van der Waals surface area (Å²) in [6.45, 7) is 0. The minimum Gasteiger partial charge on any atom is -0.481 e. The lowest BCUT2D eigenvalue weighted by molar-refractivity contribution is -0.136. The number of carboxylic acid groups (broad SMARTS) is 1. The van der Waals surface area contributed by atoms with Gasteiger partial charge in [-0.3, -0.25) is 19.0 Å². The number of carboxylic acids is 1. The van der Waals surface area contributed by atoms with Crippen LogP contribution in [0.2, 0.25) is 5.02 Å². The first-order chi connectivity index (χ1) is 11.1. The van der Waals surface area contributed by atoms with Crippen molar-refractivity contribution in [1.29, 1.82) is 0 Å². The van der Waals surface area contributed by atoms with E-state index in [1.807, 2.05) is 12.1 Å². The van der Waals surface area contributed by atoms with Crippen molar-refractivity contribution in [3.05, 3.63) is 62.2 Å². The largest absolute Gasteiger partial charge is 0.481 e. The van der Waals surface area contributed by atoms with Gasteiger partial charge in [-0.25, -0.2) is 4.98 Å². The van der Waals surface area contributed by atoms with Gasteiger partial charge in [-0.2, -0.15) is 0 Å². The van der Waals surface area contributed by atoms with Gasteiger partial charge in [0.15, 0.2) is 4.96 Å². The van der Waals surface area contributed by atoms with Crippen molar-refractivity contribution < 1.29 is 9.90 Å². The number of carbonyl (C=O) groups is 1. The maximum Gasteiger partial charge on any atom is 0.309 e. The zero-order chi connectivity index (χ0) is 16.4. The van der Waals surface area contributed by atoms with E-state index in [1.54, 1.807) is 29.9 Å². The van der Waals surface area contributed by atoms with Crippen LogP contribution in [0.1, 0.15) is 17.0 Å². The van der Waals surface area contributed by atoms with Gasteiger partial charge in [0.05, 0.1) is 12.1 Å². The molecule has 1 N–H and O–H groups in total. The van der Waals surface area contributed by atoms with Gasteiger partial charge < -0.3 is 5.11 Å². The zero-order valence-electron chi connectivity index (χ0n) is 11.6. The molecule has 0 aliphatic heterocycles. The minimum absolute atomic E-state index is 0.0437. The maximum atomic E-state index is 12.4. The number of aromatic nitrogens is 3. The lowest BCUT2D eigenvalue weighted by Gasteiger charge is -2.02. The average molecular weight is 348 g/mol. The Morgan fingerprint density at radius 3 is 2.78 bits per heavy atom. The van der Waals surface area contributed by atoms with Crippen LogP contribution in [-0.4, -0.2) is 25.4 Å². The number of hydrogen-bond donors (Lipinski definition) is 1. The van der Waals surface area contributed by atoms with Crippen LogP contribution in [-0.2, 0) is 11.2 Å². The monoisotopic (exact) mass is 347 g/mol. The van der Waals surface area contributed by atoms with Crippen LogP contribution in [0.3, 0.4) is 0 Å². The highest BCUT2D eigenvalue weighted by Gasteiger charge is 2.15. The fourth-order valence-electron chi connectivity index (χ4n) is 2.04. The van der Waals surface area contributed by atoms with Crippen molar-refractivity contribution in [1.82, 2.24) is 14.4 Å². The predicted molar refractivity (Wildman–Crippen MR) is 88.9 cm³/mol. The van der Waals surface area contributed by atoms with Crippen molar-refractivity contribution in [3.63, 3.8) is 0 Å². The molecule has 8 heteroatoms. The number of fused-ring (bicyclic) bond motifs is 1. The number of hydrogen-bond acceptors (Lipinski definition) is 5. The minimum atomic E-state index is -1.02. The molecule has 0 fully saturated rings. The molecule has 0 aliphatic carbocycles. The Balaban J connectivity index is 2.07. The molecule has 0 unspecified atom stereocenters. The summed E-state index contributed by atoms with van der Waals surface area (Å²) >= 11 is 7.30. The second-order valence-corrected chi connectivity index (χ2v) is 5.86. The van der Waals surface area contributed by atoms with Gasteiger partial charge >= 0.3 is 5.97 Å². The first kappa shape index (κ1) is 15.4. The molecular formula is C15H10ClN3O3S. The number of aliphatic carboxylic acids is 1. The van der Waals surface area contributed by atoms with Gasteiger partial charge in [0.25, 0.3) is 5.56 Å². The van der Waals surface area contributed by atoms with E-state index < -0.39 is 11.5 Å². The van der Waals surface area contributed by atoms with E-state index >= 15 is 0 Å². The van der Waals surface area contributed by atoms with Crippen molar-refractivity contribution >= 4 is 46.0 Å². The molecule has 0 bridgehead atoms. The Morgan fingerprint density at radius 1 is 1.35 bits per heavy atom. The SMILES string of the molecule is O=C(O)Cc1csc2nc(C=Cc3ccncc3)c(Cl)c(=O)n12. The fraction of sp³-hybridized carbons (Fsp3) is 0.0667. The van der Waals surface area contributed by atoms with Gasteiger partial charge in [-0.15, -0.1) is 11.3 Å². The van der Waals surface area contributed by atoms with Crippen LogP contribution in [0.4, 0.5) is 0 Å². The first-order valence-electron chi connectivity index (χ1n) is 6.55. The zero-order valence-corrected chi connectivity index (χ0v) is 13.2. The quantitative estimate of drug-likeness (QED) is 0.784. The Bertz CT molecular complexity index is 963. The lowest BCUT2D eigenvalue weighted by atomic mass is 10.2. The Labute approximate surface area is 139 Å². The molecule has 3 rings (SSSR count). The maximum absolute atomic E-state index is 12.4. The fourth-order valence-corrected chi connectivity index (χ4v) is 3.11. The lowest BCUT2D eigenvalue weighted by Crippen LogP contribution is -2.19. The molecule has 0 saturated carbocycles. The molecule has 3 aromatic rings. The number of thiazole rings is 1. The van der Waals surface area contributed by atoms with E-state index in [4.69, 9.17) is 16.7 Å². The molecule has 6 nitrogen and oxygen atoms in total. The summed E-state index contributed by atoms with van der Waals surface area (Å²) in [5, 5.41) is 10.4. The van der Waals surface area contributed by atoms with Gasteiger partial charge in [0.2, 0.25) is 0 Å². The summed E-state index contributed by atoms with van der Waals surface area (Å²) < 4.78 is 1.24. The third-order valence-electron chi connectivity index (χ3n) is 3.08. The first-order valence-corrected chi connectivity index (χ1v) is 7.80. The third kappa shape index (κ3) is 3.15. The van der Waals surface area contributed by atoms with Gasteiger partial charge in [0.1, 0.15) is 5.02 Å². The Hall–Kier alpha value is -2.51. The summed E-state index contributed by atoms with van der Waals surface area (Å²) in [7, 11) is 0. The van der Waals surface area contributed by atoms with Crippen molar-refractivity contribution in [2.24, 2.45) is 0 Å². The normalized spacial score (nSPS) is 11.3. The molecule has 0 amide bonds. The number of pyridine rings is 1. The van der Waals surface area contributed by atoms with Crippen molar-refractivity contribution in [2.45, 2.75) is 6.42 Å². The van der Waals surface area contributed by atoms with Gasteiger partial charge in [-0.1, -0.05) is 17.7 Å². The second-order valence-electron chi connectivity index (χ2n) is 4.65. The van der Waals surface area contributed by atoms with E-state index in [1.165, 1.54) is 15.7 Å². The summed E-state index contributed by atoms with van der Waals surface area (Å²) in [5.74, 6) is -1.02. The molecule has 0 aromatic carbocycles. The second kappa shape index (κ2) is 6.31. The standard InChI is InChI=1S/C15H10ClN3O3S/c16-13-11(2-1-9-3-5-17-6-4-9)18-15-19(14(13)22)10(8-23-15)7-12(20)21/h1-6,8H,7H2,(H,20,21). The summed E-state index contributed by atoms with van der Waals surface area (Å²) in [4.78, 5) is 31.9. The molecule has 0 radical (unpaired) electrons. The van der Waals surface area contributed by atoms with E-state index in [2.05, 4.69) is 9.97 Å². The highest BCUT2D eigenvalue weighted by molar-refractivity contribution is 7.15. The molecular weight excluding hydrogens is 338 g/mol. The van der Waals surface area contributed by atoms with Crippen LogP contribution in [0.5, 0.6) is 0 Å². The summed E-state index contributed by atoms with van der Waals surface area (Å²) in [5.41, 5.74) is 1.14. The number of nitrogens with zero attached hydrogens (tertiary/aromatic N) is 3. The van der Waals surface area contributed by atoms with Crippen LogP contribution >= 0.6 is 22.9 Å². The topological polar surface area (TPSA) is 84.6 Å². The van der Waals surface area contributed by atoms with Gasteiger partial charge in [-0.05, 0) is 23.8 Å². The third-order valence-corrected chi connectivity index (χ3v) is 4.31. The van der Waals surface area contributed by atoms with E-state index in [9.17, 15) is 9.59 Å². The van der Waals surface area contributed by atoms with Gasteiger partial charge in [0, 0.05) is 23.5 Å². The Kier molecular flexibility index (Phi) is 4.22. The van der Waals surface area contributed by atoms with E-state index in [0.29, 0.717) is 16.3 Å². The van der Waals surface area contributed by atoms with Crippen LogP contribution in [0.15, 0.2) is 34.7 Å². The highest BCUT2D eigenvalue weighted by atomic mass is 35.5. The van der Waals surface area contributed by atoms with E-state index in [0.717, 1.165) is 5.56 Å². The van der Waals surface area contributed by atoms with E-state index in [-0.39, 0.29) is 11.4 Å². The molecule has 0 spiro atoms. The molecule has 3 heterocycles. The number of halogens is 1. The van der Waals surface area contributed by atoms with Crippen LogP contribution in [0.25, 0.3) is 17.1 Å². The molecule has 0 atom stereocenters. The van der Waals surface area contributed by atoms with Crippen molar-refractivity contribution in [2.75, 3.05) is 0 Å². The average Bonchev–Trinajstić information content (AvgIpc) is 2.92. The molecule has 0 aliphatic rings. The predicted octanol–water partition coefficient (Wildman–Crippen LogP) is 2.60. The molecule has 0 saturated heterocycles. The van der Waals surface area contributed by atoms with Crippen molar-refractivity contribution in [3.8, 4) is 0 Å². The highest BCUT2D eigenvalue weighted by Crippen LogP contribution is 2.19. The Morgan fingerprint density at radius 2 is 2.09 bits per heavy atom. The number of rotatable bonds is 4. The van der Waals surface area contributed by atoms with Crippen LogP contribution < -0.4 is 5.56 Å². The smallest absolute Gasteiger partial charge is 0.309 e. The molecule has 23 heavy (non-hydrogen) atoms. The molecule has 3 aromatic heterocycles. The summed E-state index contributed by atoms with van der Waals surface area (Å²) in [6, 6.07) is 3.62. The van der Waals surface area contributed by atoms with Crippen LogP contribution in [0, 0.1) is 0 Å².